The second-order valence-corrected chi connectivity index (χ2v) is 3.90. The average Bonchev–Trinajstić information content (AvgIpc) is 2.53. The van der Waals surface area contributed by atoms with E-state index in [1.165, 1.54) is 5.56 Å². The van der Waals surface area contributed by atoms with Gasteiger partial charge < -0.3 is 5.11 Å². The smallest absolute Gasteiger partial charge is 0.0723 e. The molecule has 1 heteroatoms. The molecular formula is C11H14O. The van der Waals surface area contributed by atoms with Crippen molar-refractivity contribution in [2.45, 2.75) is 25.4 Å². The molecule has 0 amide bonds. The molecule has 1 fully saturated rings. The van der Waals surface area contributed by atoms with Crippen LogP contribution >= 0.6 is 0 Å². The highest BCUT2D eigenvalue weighted by Crippen LogP contribution is 2.56. The molecule has 1 N–H and O–H groups in total. The summed E-state index contributed by atoms with van der Waals surface area (Å²) in [5.74, 6) is 0.749. The van der Waals surface area contributed by atoms with Gasteiger partial charge in [0.15, 0.2) is 0 Å². The third-order valence-corrected chi connectivity index (χ3v) is 3.10. The number of aliphatic hydroxyl groups is 1. The quantitative estimate of drug-likeness (QED) is 0.671. The summed E-state index contributed by atoms with van der Waals surface area (Å²) in [6.45, 7) is 4.01. The molecule has 0 spiro atoms. The van der Waals surface area contributed by atoms with Gasteiger partial charge >= 0.3 is 0 Å². The first-order valence-corrected chi connectivity index (χ1v) is 4.41. The Hall–Kier alpha value is -0.820. The van der Waals surface area contributed by atoms with Crippen LogP contribution in [0, 0.1) is 5.92 Å². The summed E-state index contributed by atoms with van der Waals surface area (Å²) in [6.07, 6.45) is 0. The largest absolute Gasteiger partial charge is 0.389 e. The average molecular weight is 162 g/mol. The van der Waals surface area contributed by atoms with Crippen molar-refractivity contribution >= 4 is 0 Å². The highest BCUT2D eigenvalue weighted by molar-refractivity contribution is 5.32. The molecule has 1 aromatic rings. The summed E-state index contributed by atoms with van der Waals surface area (Å²) < 4.78 is 0. The standard InChI is InChI=1S/C11H14O/c1-8-10(11(8,2)12)9-6-4-3-5-7-9/h3-8,10,12H,1-2H3/t8-,10+,11-/m0/s1. The van der Waals surface area contributed by atoms with E-state index in [0.29, 0.717) is 11.8 Å². The van der Waals surface area contributed by atoms with Gasteiger partial charge in [-0.05, 0) is 18.4 Å². The molecule has 1 nitrogen and oxygen atoms in total. The Bertz CT molecular complexity index is 276. The zero-order chi connectivity index (χ0) is 8.77. The van der Waals surface area contributed by atoms with Crippen LogP contribution in [0.5, 0.6) is 0 Å². The van der Waals surface area contributed by atoms with Crippen molar-refractivity contribution in [3.63, 3.8) is 0 Å². The highest BCUT2D eigenvalue weighted by atomic mass is 16.3. The summed E-state index contributed by atoms with van der Waals surface area (Å²) in [5.41, 5.74) is 0.788. The Morgan fingerprint density at radius 2 is 1.75 bits per heavy atom. The van der Waals surface area contributed by atoms with Crippen LogP contribution in [0.2, 0.25) is 0 Å². The normalized spacial score (nSPS) is 39.6. The molecule has 12 heavy (non-hydrogen) atoms. The molecule has 0 bridgehead atoms. The lowest BCUT2D eigenvalue weighted by molar-refractivity contribution is 0.150. The van der Waals surface area contributed by atoms with Crippen LogP contribution in [0.15, 0.2) is 30.3 Å². The predicted molar refractivity (Wildman–Crippen MR) is 49.0 cm³/mol. The minimum absolute atomic E-state index is 0.346. The highest BCUT2D eigenvalue weighted by Gasteiger charge is 2.57. The zero-order valence-electron chi connectivity index (χ0n) is 7.49. The Morgan fingerprint density at radius 1 is 1.25 bits per heavy atom. The van der Waals surface area contributed by atoms with Crippen molar-refractivity contribution in [1.82, 2.24) is 0 Å². The molecular weight excluding hydrogens is 148 g/mol. The van der Waals surface area contributed by atoms with Gasteiger partial charge in [-0.2, -0.15) is 0 Å². The third-order valence-electron chi connectivity index (χ3n) is 3.10. The summed E-state index contributed by atoms with van der Waals surface area (Å²) in [5, 5.41) is 9.81. The first-order chi connectivity index (χ1) is 5.64. The molecule has 64 valence electrons. The second-order valence-electron chi connectivity index (χ2n) is 3.90. The van der Waals surface area contributed by atoms with E-state index in [-0.39, 0.29) is 0 Å². The van der Waals surface area contributed by atoms with Crippen molar-refractivity contribution in [1.29, 1.82) is 0 Å². The Kier molecular flexibility index (Phi) is 1.52. The summed E-state index contributed by atoms with van der Waals surface area (Å²) in [6, 6.07) is 10.2. The zero-order valence-corrected chi connectivity index (χ0v) is 7.49. The van der Waals surface area contributed by atoms with Crippen molar-refractivity contribution in [2.24, 2.45) is 5.92 Å². The number of hydrogen-bond acceptors (Lipinski definition) is 1. The van der Waals surface area contributed by atoms with Gasteiger partial charge in [0, 0.05) is 5.92 Å². The lowest BCUT2D eigenvalue weighted by atomic mass is 10.1. The summed E-state index contributed by atoms with van der Waals surface area (Å²) >= 11 is 0. The molecule has 0 aromatic heterocycles. The van der Waals surface area contributed by atoms with E-state index in [9.17, 15) is 5.11 Å². The monoisotopic (exact) mass is 162 g/mol. The van der Waals surface area contributed by atoms with Crippen molar-refractivity contribution < 1.29 is 5.11 Å². The van der Waals surface area contributed by atoms with Gasteiger partial charge in [0.2, 0.25) is 0 Å². The molecule has 0 radical (unpaired) electrons. The fourth-order valence-electron chi connectivity index (χ4n) is 2.00. The molecule has 2 rings (SSSR count). The van der Waals surface area contributed by atoms with E-state index in [4.69, 9.17) is 0 Å². The van der Waals surface area contributed by atoms with Crippen LogP contribution in [0.4, 0.5) is 0 Å². The minimum Gasteiger partial charge on any atom is -0.389 e. The van der Waals surface area contributed by atoms with Crippen LogP contribution in [-0.2, 0) is 0 Å². The van der Waals surface area contributed by atoms with E-state index in [2.05, 4.69) is 19.1 Å². The summed E-state index contributed by atoms with van der Waals surface area (Å²) in [7, 11) is 0. The van der Waals surface area contributed by atoms with Gasteiger partial charge in [-0.15, -0.1) is 0 Å². The van der Waals surface area contributed by atoms with Crippen molar-refractivity contribution in [3.05, 3.63) is 35.9 Å². The minimum atomic E-state index is -0.471. The second kappa shape index (κ2) is 2.33. The lowest BCUT2D eigenvalue weighted by Gasteiger charge is -2.01. The molecule has 0 unspecified atom stereocenters. The van der Waals surface area contributed by atoms with E-state index in [0.717, 1.165) is 0 Å². The molecule has 0 aliphatic heterocycles. The first-order valence-electron chi connectivity index (χ1n) is 4.41. The molecule has 0 saturated heterocycles. The first kappa shape index (κ1) is 7.81. The Balaban J connectivity index is 2.25. The number of rotatable bonds is 1. The fourth-order valence-corrected chi connectivity index (χ4v) is 2.00. The Labute approximate surface area is 73.0 Å². The maximum atomic E-state index is 9.81. The predicted octanol–water partition coefficient (Wildman–Crippen LogP) is 2.17. The van der Waals surface area contributed by atoms with Crippen LogP contribution in [0.1, 0.15) is 25.3 Å². The van der Waals surface area contributed by atoms with Crippen LogP contribution in [-0.4, -0.2) is 10.7 Å². The SMILES string of the molecule is C[C@H]1[C@H](c2ccccc2)[C@@]1(C)O. The molecule has 1 saturated carbocycles. The Morgan fingerprint density at radius 3 is 2.17 bits per heavy atom. The van der Waals surface area contributed by atoms with E-state index in [1.807, 2.05) is 25.1 Å². The van der Waals surface area contributed by atoms with E-state index in [1.54, 1.807) is 0 Å². The van der Waals surface area contributed by atoms with Gasteiger partial charge in [-0.1, -0.05) is 37.3 Å². The summed E-state index contributed by atoms with van der Waals surface area (Å²) in [4.78, 5) is 0. The molecule has 1 aromatic carbocycles. The van der Waals surface area contributed by atoms with Gasteiger partial charge in [-0.25, -0.2) is 0 Å². The molecule has 1 aliphatic rings. The van der Waals surface area contributed by atoms with Gasteiger partial charge in [0.1, 0.15) is 0 Å². The van der Waals surface area contributed by atoms with Crippen LogP contribution in [0.25, 0.3) is 0 Å². The lowest BCUT2D eigenvalue weighted by Crippen LogP contribution is -2.03. The molecule has 1 aliphatic carbocycles. The fraction of sp³-hybridized carbons (Fsp3) is 0.455. The molecule has 3 atom stereocenters. The maximum Gasteiger partial charge on any atom is 0.0723 e. The topological polar surface area (TPSA) is 20.2 Å². The van der Waals surface area contributed by atoms with Gasteiger partial charge in [-0.3, -0.25) is 0 Å². The van der Waals surface area contributed by atoms with Gasteiger partial charge in [0.25, 0.3) is 0 Å². The van der Waals surface area contributed by atoms with Crippen molar-refractivity contribution in [3.8, 4) is 0 Å². The number of hydrogen-bond donors (Lipinski definition) is 1. The van der Waals surface area contributed by atoms with Gasteiger partial charge in [0.05, 0.1) is 5.60 Å². The maximum absolute atomic E-state index is 9.81. The van der Waals surface area contributed by atoms with E-state index < -0.39 is 5.60 Å². The van der Waals surface area contributed by atoms with E-state index >= 15 is 0 Å². The third kappa shape index (κ3) is 0.969. The van der Waals surface area contributed by atoms with Crippen LogP contribution < -0.4 is 0 Å². The van der Waals surface area contributed by atoms with Crippen LogP contribution in [0.3, 0.4) is 0 Å². The molecule has 0 heterocycles. The number of benzene rings is 1. The van der Waals surface area contributed by atoms with Crippen molar-refractivity contribution in [2.75, 3.05) is 0 Å².